The number of benzene rings is 1. The van der Waals surface area contributed by atoms with Crippen molar-refractivity contribution in [2.45, 2.75) is 6.04 Å². The Morgan fingerprint density at radius 2 is 2.29 bits per heavy atom. The van der Waals surface area contributed by atoms with Crippen molar-refractivity contribution in [3.63, 3.8) is 0 Å². The second-order valence-electron chi connectivity index (χ2n) is 2.72. The van der Waals surface area contributed by atoms with Crippen LogP contribution in [0.1, 0.15) is 11.6 Å². The minimum Gasteiger partial charge on any atom is -0.321 e. The average molecular weight is 257 g/mol. The molecule has 0 aliphatic heterocycles. The molecule has 0 unspecified atom stereocenters. The molecule has 0 saturated heterocycles. The molecule has 0 bridgehead atoms. The largest absolute Gasteiger partial charge is 0.321 e. The van der Waals surface area contributed by atoms with E-state index in [1.54, 1.807) is 6.07 Å². The number of halogens is 1. The van der Waals surface area contributed by atoms with E-state index in [1.807, 2.05) is 0 Å². The molecule has 2 N–H and O–H groups in total. The van der Waals surface area contributed by atoms with Gasteiger partial charge in [-0.1, -0.05) is 22.0 Å². The van der Waals surface area contributed by atoms with E-state index in [1.165, 1.54) is 18.2 Å². The molecule has 1 rings (SSSR count). The van der Waals surface area contributed by atoms with Gasteiger partial charge in [-0.25, -0.2) is 0 Å². The highest BCUT2D eigenvalue weighted by Gasteiger charge is 2.12. The zero-order chi connectivity index (χ0) is 10.7. The Kier molecular flexibility index (Phi) is 3.38. The monoisotopic (exact) mass is 256 g/mol. The number of nitrogens with zero attached hydrogens (tertiary/aromatic N) is 1. The van der Waals surface area contributed by atoms with Gasteiger partial charge in [0.25, 0.3) is 5.69 Å². The number of hydrogen-bond donors (Lipinski definition) is 1. The molecule has 74 valence electrons. The molecular formula is C9H9BrN2O2. The van der Waals surface area contributed by atoms with Crippen LogP contribution in [-0.4, -0.2) is 4.92 Å². The molecule has 0 spiro atoms. The van der Waals surface area contributed by atoms with Crippen molar-refractivity contribution < 1.29 is 4.92 Å². The summed E-state index contributed by atoms with van der Waals surface area (Å²) in [7, 11) is 0. The van der Waals surface area contributed by atoms with Crippen LogP contribution in [0.3, 0.4) is 0 Å². The molecule has 0 aromatic heterocycles. The lowest BCUT2D eigenvalue weighted by Crippen LogP contribution is -2.07. The first-order chi connectivity index (χ1) is 6.56. The molecule has 4 nitrogen and oxygen atoms in total. The van der Waals surface area contributed by atoms with Gasteiger partial charge in [0, 0.05) is 22.6 Å². The van der Waals surface area contributed by atoms with Gasteiger partial charge in [-0.3, -0.25) is 10.1 Å². The second kappa shape index (κ2) is 4.34. The van der Waals surface area contributed by atoms with Crippen molar-refractivity contribution in [1.29, 1.82) is 0 Å². The topological polar surface area (TPSA) is 69.2 Å². The minimum atomic E-state index is -0.453. The van der Waals surface area contributed by atoms with Crippen molar-refractivity contribution in [3.05, 3.63) is 51.0 Å². The van der Waals surface area contributed by atoms with Crippen LogP contribution in [0, 0.1) is 10.1 Å². The predicted octanol–water partition coefficient (Wildman–Crippen LogP) is 2.54. The Bertz CT molecular complexity index is 379. The molecule has 14 heavy (non-hydrogen) atoms. The highest BCUT2D eigenvalue weighted by atomic mass is 79.9. The highest BCUT2D eigenvalue weighted by Crippen LogP contribution is 2.26. The first-order valence-electron chi connectivity index (χ1n) is 3.88. The van der Waals surface area contributed by atoms with Crippen molar-refractivity contribution in [2.75, 3.05) is 0 Å². The molecule has 0 heterocycles. The lowest BCUT2D eigenvalue weighted by atomic mass is 10.1. The summed E-state index contributed by atoms with van der Waals surface area (Å²) in [4.78, 5) is 10.0. The van der Waals surface area contributed by atoms with Crippen molar-refractivity contribution in [3.8, 4) is 0 Å². The van der Waals surface area contributed by atoms with Crippen molar-refractivity contribution in [2.24, 2.45) is 5.73 Å². The van der Waals surface area contributed by atoms with E-state index < -0.39 is 11.0 Å². The highest BCUT2D eigenvalue weighted by molar-refractivity contribution is 9.10. The molecule has 0 fully saturated rings. The van der Waals surface area contributed by atoms with Crippen LogP contribution in [0.5, 0.6) is 0 Å². The number of rotatable bonds is 3. The summed E-state index contributed by atoms with van der Waals surface area (Å²) in [5.74, 6) is 0. The third-order valence-electron chi connectivity index (χ3n) is 1.80. The first kappa shape index (κ1) is 10.9. The van der Waals surface area contributed by atoms with Gasteiger partial charge in [0.1, 0.15) is 0 Å². The SMILES string of the molecule is C=C[C@@H](N)c1cc([N+](=O)[O-])ccc1Br. The van der Waals surface area contributed by atoms with Crippen LogP contribution in [0.25, 0.3) is 0 Å². The smallest absolute Gasteiger partial charge is 0.269 e. The van der Waals surface area contributed by atoms with E-state index in [0.29, 0.717) is 5.56 Å². The van der Waals surface area contributed by atoms with Gasteiger partial charge in [-0.05, 0) is 11.6 Å². The Morgan fingerprint density at radius 1 is 1.64 bits per heavy atom. The summed E-state index contributed by atoms with van der Waals surface area (Å²) in [6.07, 6.45) is 1.53. The Hall–Kier alpha value is -1.20. The van der Waals surface area contributed by atoms with E-state index in [2.05, 4.69) is 22.5 Å². The third kappa shape index (κ3) is 2.18. The molecular weight excluding hydrogens is 248 g/mol. The number of nitro groups is 1. The maximum atomic E-state index is 10.5. The van der Waals surface area contributed by atoms with Gasteiger partial charge in [-0.15, -0.1) is 6.58 Å². The van der Waals surface area contributed by atoms with Crippen LogP contribution in [0.2, 0.25) is 0 Å². The molecule has 0 aliphatic rings. The van der Waals surface area contributed by atoms with E-state index in [9.17, 15) is 10.1 Å². The summed E-state index contributed by atoms with van der Waals surface area (Å²) < 4.78 is 0.746. The van der Waals surface area contributed by atoms with Crippen LogP contribution < -0.4 is 5.73 Å². The Morgan fingerprint density at radius 3 is 2.79 bits per heavy atom. The van der Waals surface area contributed by atoms with Crippen LogP contribution >= 0.6 is 15.9 Å². The minimum absolute atomic E-state index is 0.0282. The molecule has 0 radical (unpaired) electrons. The van der Waals surface area contributed by atoms with Crippen LogP contribution in [0.4, 0.5) is 5.69 Å². The Balaban J connectivity index is 3.20. The molecule has 0 saturated carbocycles. The molecule has 0 aliphatic carbocycles. The van der Waals surface area contributed by atoms with E-state index in [4.69, 9.17) is 5.73 Å². The lowest BCUT2D eigenvalue weighted by Gasteiger charge is -2.08. The summed E-state index contributed by atoms with van der Waals surface area (Å²) >= 11 is 3.27. The quantitative estimate of drug-likeness (QED) is 0.514. The summed E-state index contributed by atoms with van der Waals surface area (Å²) in [5, 5.41) is 10.5. The molecule has 1 atom stereocenters. The van der Waals surface area contributed by atoms with Crippen molar-refractivity contribution in [1.82, 2.24) is 0 Å². The second-order valence-corrected chi connectivity index (χ2v) is 3.58. The number of nitrogens with two attached hydrogens (primary N) is 1. The molecule has 5 heteroatoms. The van der Waals surface area contributed by atoms with Gasteiger partial charge in [0.2, 0.25) is 0 Å². The lowest BCUT2D eigenvalue weighted by molar-refractivity contribution is -0.384. The van der Waals surface area contributed by atoms with Gasteiger partial charge in [-0.2, -0.15) is 0 Å². The molecule has 1 aromatic carbocycles. The zero-order valence-corrected chi connectivity index (χ0v) is 8.90. The normalized spacial score (nSPS) is 12.1. The fourth-order valence-electron chi connectivity index (χ4n) is 1.03. The average Bonchev–Trinajstić information content (AvgIpc) is 2.17. The maximum absolute atomic E-state index is 10.5. The fraction of sp³-hybridized carbons (Fsp3) is 0.111. The van der Waals surface area contributed by atoms with Crippen LogP contribution in [0.15, 0.2) is 35.3 Å². The fourth-order valence-corrected chi connectivity index (χ4v) is 1.54. The third-order valence-corrected chi connectivity index (χ3v) is 2.53. The number of non-ortho nitro benzene ring substituents is 1. The number of hydrogen-bond acceptors (Lipinski definition) is 3. The van der Waals surface area contributed by atoms with Gasteiger partial charge in [0.15, 0.2) is 0 Å². The predicted molar refractivity (Wildman–Crippen MR) is 57.9 cm³/mol. The van der Waals surface area contributed by atoms with E-state index in [0.717, 1.165) is 4.47 Å². The van der Waals surface area contributed by atoms with E-state index in [-0.39, 0.29) is 5.69 Å². The van der Waals surface area contributed by atoms with Gasteiger partial charge < -0.3 is 5.73 Å². The number of nitro benzene ring substituents is 1. The summed E-state index contributed by atoms with van der Waals surface area (Å²) in [6, 6.07) is 4.07. The first-order valence-corrected chi connectivity index (χ1v) is 4.67. The Labute approximate surface area is 89.7 Å². The maximum Gasteiger partial charge on any atom is 0.269 e. The van der Waals surface area contributed by atoms with Crippen LogP contribution in [-0.2, 0) is 0 Å². The standard InChI is InChI=1S/C9H9BrN2O2/c1-2-9(11)7-5-6(12(13)14)3-4-8(7)10/h2-5,9H,1,11H2/t9-/m1/s1. The molecule has 1 aromatic rings. The molecule has 0 amide bonds. The van der Waals surface area contributed by atoms with Gasteiger partial charge >= 0.3 is 0 Å². The summed E-state index contributed by atoms with van der Waals surface area (Å²) in [5.41, 5.74) is 6.38. The summed E-state index contributed by atoms with van der Waals surface area (Å²) in [6.45, 7) is 3.54. The van der Waals surface area contributed by atoms with E-state index >= 15 is 0 Å². The van der Waals surface area contributed by atoms with Crippen molar-refractivity contribution >= 4 is 21.6 Å². The van der Waals surface area contributed by atoms with Gasteiger partial charge in [0.05, 0.1) is 4.92 Å². The zero-order valence-electron chi connectivity index (χ0n) is 7.31.